The van der Waals surface area contributed by atoms with E-state index in [-0.39, 0.29) is 24.5 Å². The molecule has 1 saturated heterocycles. The Bertz CT molecular complexity index is 560. The van der Waals surface area contributed by atoms with Crippen LogP contribution in [0.1, 0.15) is 23.2 Å². The van der Waals surface area contributed by atoms with Crippen LogP contribution in [-0.2, 0) is 9.53 Å². The molecule has 0 unspecified atom stereocenters. The first-order valence-corrected chi connectivity index (χ1v) is 7.89. The number of carbonyl (C=O) groups is 2. The normalized spacial score (nSPS) is 15.0. The van der Waals surface area contributed by atoms with E-state index in [9.17, 15) is 9.59 Å². The van der Waals surface area contributed by atoms with Crippen molar-refractivity contribution in [3.05, 3.63) is 23.8 Å². The van der Waals surface area contributed by atoms with Gasteiger partial charge in [0.2, 0.25) is 5.91 Å². The summed E-state index contributed by atoms with van der Waals surface area (Å²) in [6.45, 7) is 1.19. The predicted molar refractivity (Wildman–Crippen MR) is 88.5 cm³/mol. The predicted octanol–water partition coefficient (Wildman–Crippen LogP) is 1.07. The van der Waals surface area contributed by atoms with Gasteiger partial charge in [-0.1, -0.05) is 6.07 Å². The Hall–Kier alpha value is -2.28. The van der Waals surface area contributed by atoms with Crippen molar-refractivity contribution in [2.75, 3.05) is 41.0 Å². The molecule has 0 saturated carbocycles. The fraction of sp³-hybridized carbons (Fsp3) is 0.529. The second kappa shape index (κ2) is 8.54. The van der Waals surface area contributed by atoms with Gasteiger partial charge >= 0.3 is 0 Å². The van der Waals surface area contributed by atoms with Gasteiger partial charge in [-0.3, -0.25) is 9.59 Å². The Morgan fingerprint density at radius 2 is 1.71 bits per heavy atom. The van der Waals surface area contributed by atoms with Crippen LogP contribution in [0.15, 0.2) is 18.2 Å². The maximum Gasteiger partial charge on any atom is 0.261 e. The minimum atomic E-state index is -0.131. The fourth-order valence-corrected chi connectivity index (χ4v) is 2.85. The lowest BCUT2D eigenvalue weighted by Crippen LogP contribution is -2.47. The zero-order valence-corrected chi connectivity index (χ0v) is 14.3. The number of benzene rings is 1. The fourth-order valence-electron chi connectivity index (χ4n) is 2.85. The number of piperidine rings is 1. The van der Waals surface area contributed by atoms with E-state index in [0.717, 1.165) is 0 Å². The Labute approximate surface area is 141 Å². The number of ether oxygens (including phenoxy) is 3. The quantitative estimate of drug-likeness (QED) is 0.841. The minimum Gasteiger partial charge on any atom is -0.496 e. The van der Waals surface area contributed by atoms with Crippen LogP contribution in [0.25, 0.3) is 0 Å². The van der Waals surface area contributed by atoms with E-state index in [0.29, 0.717) is 43.0 Å². The van der Waals surface area contributed by atoms with Gasteiger partial charge in [-0.25, -0.2) is 0 Å². The van der Waals surface area contributed by atoms with Crippen molar-refractivity contribution in [3.63, 3.8) is 0 Å². The lowest BCUT2D eigenvalue weighted by Gasteiger charge is -2.33. The highest BCUT2D eigenvalue weighted by Crippen LogP contribution is 2.30. The number of nitrogens with zero attached hydrogens (tertiary/aromatic N) is 1. The van der Waals surface area contributed by atoms with Crippen LogP contribution >= 0.6 is 0 Å². The third-order valence-corrected chi connectivity index (χ3v) is 4.06. The highest BCUT2D eigenvalue weighted by molar-refractivity contribution is 5.99. The first kappa shape index (κ1) is 18.1. The third-order valence-electron chi connectivity index (χ3n) is 4.06. The molecule has 0 radical (unpaired) electrons. The maximum atomic E-state index is 12.8. The molecule has 1 aromatic rings. The summed E-state index contributed by atoms with van der Waals surface area (Å²) in [7, 11) is 4.55. The Morgan fingerprint density at radius 1 is 1.12 bits per heavy atom. The number of rotatable bonds is 6. The van der Waals surface area contributed by atoms with E-state index in [1.165, 1.54) is 21.3 Å². The van der Waals surface area contributed by atoms with Gasteiger partial charge in [0.05, 0.1) is 14.2 Å². The molecule has 7 heteroatoms. The Balaban J connectivity index is 2.02. The molecule has 1 fully saturated rings. The van der Waals surface area contributed by atoms with Crippen molar-refractivity contribution in [1.82, 2.24) is 10.2 Å². The average molecular weight is 336 g/mol. The van der Waals surface area contributed by atoms with Crippen LogP contribution in [0.5, 0.6) is 11.5 Å². The van der Waals surface area contributed by atoms with Crippen molar-refractivity contribution in [2.24, 2.45) is 0 Å². The molecular weight excluding hydrogens is 312 g/mol. The van der Waals surface area contributed by atoms with E-state index in [1.54, 1.807) is 23.1 Å². The number of amides is 2. The van der Waals surface area contributed by atoms with Crippen molar-refractivity contribution in [1.29, 1.82) is 0 Å². The number of methoxy groups -OCH3 is 3. The van der Waals surface area contributed by atoms with Gasteiger partial charge < -0.3 is 24.4 Å². The summed E-state index contributed by atoms with van der Waals surface area (Å²) in [4.78, 5) is 26.2. The van der Waals surface area contributed by atoms with Gasteiger partial charge in [-0.15, -0.1) is 0 Å². The van der Waals surface area contributed by atoms with E-state index in [4.69, 9.17) is 14.2 Å². The lowest BCUT2D eigenvalue weighted by molar-refractivity contribution is -0.125. The molecule has 7 nitrogen and oxygen atoms in total. The van der Waals surface area contributed by atoms with Crippen molar-refractivity contribution in [2.45, 2.75) is 18.9 Å². The zero-order valence-electron chi connectivity index (χ0n) is 14.3. The summed E-state index contributed by atoms with van der Waals surface area (Å²) in [6.07, 6.45) is 1.41. The summed E-state index contributed by atoms with van der Waals surface area (Å²) in [5.74, 6) is 0.740. The second-order valence-electron chi connectivity index (χ2n) is 5.60. The largest absolute Gasteiger partial charge is 0.496 e. The average Bonchev–Trinajstić information content (AvgIpc) is 2.61. The third kappa shape index (κ3) is 4.17. The Kier molecular flexibility index (Phi) is 6.43. The topological polar surface area (TPSA) is 77.1 Å². The molecular formula is C17H24N2O5. The van der Waals surface area contributed by atoms with Gasteiger partial charge in [0.25, 0.3) is 5.91 Å². The van der Waals surface area contributed by atoms with Crippen molar-refractivity contribution in [3.8, 4) is 11.5 Å². The van der Waals surface area contributed by atoms with Crippen LogP contribution < -0.4 is 14.8 Å². The molecule has 132 valence electrons. The highest BCUT2D eigenvalue weighted by Gasteiger charge is 2.28. The van der Waals surface area contributed by atoms with Gasteiger partial charge in [0.15, 0.2) is 0 Å². The summed E-state index contributed by atoms with van der Waals surface area (Å²) in [6, 6.07) is 5.34. The molecule has 1 aliphatic heterocycles. The molecule has 0 atom stereocenters. The molecule has 24 heavy (non-hydrogen) atoms. The van der Waals surface area contributed by atoms with Crippen molar-refractivity contribution < 1.29 is 23.8 Å². The molecule has 1 aliphatic rings. The summed E-state index contributed by atoms with van der Waals surface area (Å²) >= 11 is 0. The molecule has 0 aliphatic carbocycles. The lowest BCUT2D eigenvalue weighted by atomic mass is 10.0. The highest BCUT2D eigenvalue weighted by atomic mass is 16.5. The molecule has 1 heterocycles. The maximum absolute atomic E-state index is 12.8. The van der Waals surface area contributed by atoms with Gasteiger partial charge in [-0.05, 0) is 25.0 Å². The van der Waals surface area contributed by atoms with Crippen LogP contribution in [0, 0.1) is 0 Å². The molecule has 0 spiro atoms. The summed E-state index contributed by atoms with van der Waals surface area (Å²) in [5, 5.41) is 2.91. The van der Waals surface area contributed by atoms with Gasteiger partial charge in [0.1, 0.15) is 23.7 Å². The number of likely N-dealkylation sites (tertiary alicyclic amines) is 1. The van der Waals surface area contributed by atoms with Gasteiger partial charge in [-0.2, -0.15) is 0 Å². The molecule has 0 aromatic heterocycles. The smallest absolute Gasteiger partial charge is 0.261 e. The van der Waals surface area contributed by atoms with Crippen LogP contribution in [0.4, 0.5) is 0 Å². The van der Waals surface area contributed by atoms with Crippen LogP contribution in [0.3, 0.4) is 0 Å². The summed E-state index contributed by atoms with van der Waals surface area (Å²) in [5.41, 5.74) is 0.435. The first-order valence-electron chi connectivity index (χ1n) is 7.89. The zero-order chi connectivity index (χ0) is 17.5. The molecule has 2 amide bonds. The molecule has 2 rings (SSSR count). The number of nitrogens with one attached hydrogen (secondary N) is 1. The first-order chi connectivity index (χ1) is 11.6. The van der Waals surface area contributed by atoms with Crippen molar-refractivity contribution >= 4 is 11.8 Å². The summed E-state index contributed by atoms with van der Waals surface area (Å²) < 4.78 is 15.4. The standard InChI is InChI=1S/C17H24N2O5/c1-22-11-15(20)18-12-7-9-19(10-8-12)17(21)16-13(23-2)5-4-6-14(16)24-3/h4-6,12H,7-11H2,1-3H3,(H,18,20). The SMILES string of the molecule is COCC(=O)NC1CCN(C(=O)c2c(OC)cccc2OC)CC1. The van der Waals surface area contributed by atoms with E-state index in [2.05, 4.69) is 5.32 Å². The number of carbonyl (C=O) groups excluding carboxylic acids is 2. The van der Waals surface area contributed by atoms with Crippen LogP contribution in [0.2, 0.25) is 0 Å². The van der Waals surface area contributed by atoms with E-state index >= 15 is 0 Å². The van der Waals surface area contributed by atoms with E-state index < -0.39 is 0 Å². The minimum absolute atomic E-state index is 0.0531. The monoisotopic (exact) mass is 336 g/mol. The molecule has 1 aromatic carbocycles. The number of hydrogen-bond acceptors (Lipinski definition) is 5. The second-order valence-corrected chi connectivity index (χ2v) is 5.60. The number of hydrogen-bond donors (Lipinski definition) is 1. The molecule has 0 bridgehead atoms. The van der Waals surface area contributed by atoms with Crippen LogP contribution in [-0.4, -0.2) is 63.8 Å². The Morgan fingerprint density at radius 3 is 2.21 bits per heavy atom. The molecule has 1 N–H and O–H groups in total. The van der Waals surface area contributed by atoms with Gasteiger partial charge in [0, 0.05) is 26.2 Å². The van der Waals surface area contributed by atoms with E-state index in [1.807, 2.05) is 0 Å².